The zero-order chi connectivity index (χ0) is 10.8. The van der Waals surface area contributed by atoms with Crippen molar-refractivity contribution in [2.24, 2.45) is 17.6 Å². The third-order valence-corrected chi connectivity index (χ3v) is 3.75. The first kappa shape index (κ1) is 10.9. The van der Waals surface area contributed by atoms with Gasteiger partial charge in [0.05, 0.1) is 6.10 Å². The van der Waals surface area contributed by atoms with Crippen LogP contribution in [0.2, 0.25) is 0 Å². The molecule has 2 fully saturated rings. The van der Waals surface area contributed by atoms with Crippen LogP contribution >= 0.6 is 0 Å². The zero-order valence-corrected chi connectivity index (χ0v) is 9.32. The molecule has 1 aliphatic heterocycles. The first-order chi connectivity index (χ1) is 7.24. The molecule has 0 aromatic heterocycles. The summed E-state index contributed by atoms with van der Waals surface area (Å²) in [7, 11) is 1.78. The van der Waals surface area contributed by atoms with E-state index >= 15 is 0 Å². The summed E-state index contributed by atoms with van der Waals surface area (Å²) in [5.74, 6) is 1.55. The number of nitrogens with zero attached hydrogens (tertiary/aromatic N) is 1. The molecule has 0 bridgehead atoms. The molecule has 1 saturated carbocycles. The Morgan fingerprint density at radius 3 is 2.47 bits per heavy atom. The predicted octanol–water partition coefficient (Wildman–Crippen LogP) is 0.219. The summed E-state index contributed by atoms with van der Waals surface area (Å²) in [6.45, 7) is 2.30. The monoisotopic (exact) mass is 212 g/mol. The van der Waals surface area contributed by atoms with Crippen LogP contribution < -0.4 is 5.73 Å². The Bertz CT molecular complexity index is 231. The molecule has 1 saturated heterocycles. The van der Waals surface area contributed by atoms with E-state index in [1.54, 1.807) is 7.11 Å². The summed E-state index contributed by atoms with van der Waals surface area (Å²) in [6.07, 6.45) is 3.15. The second-order valence-electron chi connectivity index (χ2n) is 4.69. The third-order valence-electron chi connectivity index (χ3n) is 3.75. The number of amides is 1. The highest BCUT2D eigenvalue weighted by molar-refractivity contribution is 5.76. The van der Waals surface area contributed by atoms with E-state index in [9.17, 15) is 4.79 Å². The number of carbonyl (C=O) groups excluding carboxylic acids is 1. The maximum absolute atomic E-state index is 11.6. The fourth-order valence-electron chi connectivity index (χ4n) is 2.92. The van der Waals surface area contributed by atoms with Gasteiger partial charge in [0.15, 0.2) is 0 Å². The summed E-state index contributed by atoms with van der Waals surface area (Å²) in [5.41, 5.74) is 5.39. The number of carbonyl (C=O) groups is 1. The van der Waals surface area contributed by atoms with Crippen LogP contribution in [0.1, 0.15) is 19.3 Å². The van der Waals surface area contributed by atoms with Crippen molar-refractivity contribution >= 4 is 5.91 Å². The molecule has 2 rings (SSSR count). The lowest BCUT2D eigenvalue weighted by Crippen LogP contribution is -2.31. The lowest BCUT2D eigenvalue weighted by atomic mass is 10.0. The van der Waals surface area contributed by atoms with Crippen molar-refractivity contribution in [3.8, 4) is 0 Å². The fraction of sp³-hybridized carbons (Fsp3) is 0.909. The molecule has 3 atom stereocenters. The number of nitrogens with two attached hydrogens (primary N) is 1. The second-order valence-corrected chi connectivity index (χ2v) is 4.69. The minimum atomic E-state index is 0.223. The SMILES string of the molecule is COC1C[C@@H]2CN(C(=O)CCN)C[C@@H]2C1. The number of ether oxygens (including phenoxy) is 1. The Kier molecular flexibility index (Phi) is 3.26. The molecule has 4 nitrogen and oxygen atoms in total. The normalized spacial score (nSPS) is 34.5. The summed E-state index contributed by atoms with van der Waals surface area (Å²) < 4.78 is 5.37. The van der Waals surface area contributed by atoms with E-state index in [0.29, 0.717) is 30.9 Å². The highest BCUT2D eigenvalue weighted by Gasteiger charge is 2.42. The smallest absolute Gasteiger partial charge is 0.223 e. The molecule has 1 heterocycles. The first-order valence-corrected chi connectivity index (χ1v) is 5.75. The van der Waals surface area contributed by atoms with Gasteiger partial charge >= 0.3 is 0 Å². The van der Waals surface area contributed by atoms with Gasteiger partial charge in [-0.05, 0) is 24.7 Å². The van der Waals surface area contributed by atoms with Crippen LogP contribution in [0.25, 0.3) is 0 Å². The molecule has 1 unspecified atom stereocenters. The molecule has 0 spiro atoms. The maximum atomic E-state index is 11.6. The molecule has 2 aliphatic rings. The van der Waals surface area contributed by atoms with Crippen LogP contribution in [0.3, 0.4) is 0 Å². The second kappa shape index (κ2) is 4.49. The Labute approximate surface area is 90.8 Å². The molecule has 0 aromatic carbocycles. The van der Waals surface area contributed by atoms with Gasteiger partial charge in [0.1, 0.15) is 0 Å². The van der Waals surface area contributed by atoms with Gasteiger partial charge in [-0.3, -0.25) is 4.79 Å². The van der Waals surface area contributed by atoms with Gasteiger partial charge < -0.3 is 15.4 Å². The van der Waals surface area contributed by atoms with Crippen molar-refractivity contribution in [3.63, 3.8) is 0 Å². The van der Waals surface area contributed by atoms with E-state index in [4.69, 9.17) is 10.5 Å². The van der Waals surface area contributed by atoms with Gasteiger partial charge in [0.25, 0.3) is 0 Å². The number of hydrogen-bond acceptors (Lipinski definition) is 3. The van der Waals surface area contributed by atoms with Gasteiger partial charge in [0, 0.05) is 33.2 Å². The molecular formula is C11H20N2O2. The molecule has 0 radical (unpaired) electrons. The summed E-state index contributed by atoms with van der Waals surface area (Å²) in [6, 6.07) is 0. The lowest BCUT2D eigenvalue weighted by molar-refractivity contribution is -0.130. The standard InChI is InChI=1S/C11H20N2O2/c1-15-10-4-8-6-13(7-9(8)5-10)11(14)2-3-12/h8-10H,2-7,12H2,1H3/t8-,9+,10?. The molecule has 2 N–H and O–H groups in total. The minimum absolute atomic E-state index is 0.223. The van der Waals surface area contributed by atoms with E-state index in [2.05, 4.69) is 0 Å². The highest BCUT2D eigenvalue weighted by Crippen LogP contribution is 2.39. The van der Waals surface area contributed by atoms with Crippen molar-refractivity contribution < 1.29 is 9.53 Å². The van der Waals surface area contributed by atoms with Gasteiger partial charge in [-0.1, -0.05) is 0 Å². The van der Waals surface area contributed by atoms with E-state index in [1.165, 1.54) is 0 Å². The summed E-state index contributed by atoms with van der Waals surface area (Å²) in [5, 5.41) is 0. The average Bonchev–Trinajstić information content (AvgIpc) is 2.74. The van der Waals surface area contributed by atoms with E-state index in [-0.39, 0.29) is 5.91 Å². The lowest BCUT2D eigenvalue weighted by Gasteiger charge is -2.18. The first-order valence-electron chi connectivity index (χ1n) is 5.75. The number of methoxy groups -OCH3 is 1. The third kappa shape index (κ3) is 2.16. The Morgan fingerprint density at radius 1 is 1.40 bits per heavy atom. The largest absolute Gasteiger partial charge is 0.381 e. The van der Waals surface area contributed by atoms with Crippen LogP contribution in [-0.2, 0) is 9.53 Å². The molecule has 4 heteroatoms. The number of hydrogen-bond donors (Lipinski definition) is 1. The predicted molar refractivity (Wildman–Crippen MR) is 57.3 cm³/mol. The molecule has 86 valence electrons. The van der Waals surface area contributed by atoms with Crippen LogP contribution in [0, 0.1) is 11.8 Å². The van der Waals surface area contributed by atoms with Crippen LogP contribution in [0.4, 0.5) is 0 Å². The quantitative estimate of drug-likeness (QED) is 0.728. The Morgan fingerprint density at radius 2 is 2.00 bits per heavy atom. The number of rotatable bonds is 3. The van der Waals surface area contributed by atoms with Crippen molar-refractivity contribution in [1.29, 1.82) is 0 Å². The van der Waals surface area contributed by atoms with Crippen molar-refractivity contribution in [1.82, 2.24) is 4.90 Å². The van der Waals surface area contributed by atoms with E-state index in [0.717, 1.165) is 25.9 Å². The zero-order valence-electron chi connectivity index (χ0n) is 9.32. The van der Waals surface area contributed by atoms with Crippen LogP contribution in [0.15, 0.2) is 0 Å². The molecule has 1 aliphatic carbocycles. The van der Waals surface area contributed by atoms with Crippen molar-refractivity contribution in [2.45, 2.75) is 25.4 Å². The molecule has 1 amide bonds. The van der Waals surface area contributed by atoms with Crippen molar-refractivity contribution in [2.75, 3.05) is 26.7 Å². The Hall–Kier alpha value is -0.610. The number of fused-ring (bicyclic) bond motifs is 1. The molecule has 15 heavy (non-hydrogen) atoms. The van der Waals surface area contributed by atoms with Gasteiger partial charge in [-0.25, -0.2) is 0 Å². The van der Waals surface area contributed by atoms with Crippen molar-refractivity contribution in [3.05, 3.63) is 0 Å². The van der Waals surface area contributed by atoms with Gasteiger partial charge in [-0.2, -0.15) is 0 Å². The summed E-state index contributed by atoms with van der Waals surface area (Å²) in [4.78, 5) is 13.6. The van der Waals surface area contributed by atoms with Gasteiger partial charge in [0.2, 0.25) is 5.91 Å². The molecular weight excluding hydrogens is 192 g/mol. The van der Waals surface area contributed by atoms with Crippen LogP contribution in [0.5, 0.6) is 0 Å². The summed E-state index contributed by atoms with van der Waals surface area (Å²) >= 11 is 0. The highest BCUT2D eigenvalue weighted by atomic mass is 16.5. The van der Waals surface area contributed by atoms with Gasteiger partial charge in [-0.15, -0.1) is 0 Å². The van der Waals surface area contributed by atoms with E-state index < -0.39 is 0 Å². The topological polar surface area (TPSA) is 55.6 Å². The number of likely N-dealkylation sites (tertiary alicyclic amines) is 1. The minimum Gasteiger partial charge on any atom is -0.381 e. The molecule has 0 aromatic rings. The average molecular weight is 212 g/mol. The van der Waals surface area contributed by atoms with E-state index in [1.807, 2.05) is 4.90 Å². The Balaban J connectivity index is 1.85. The maximum Gasteiger partial charge on any atom is 0.223 e. The van der Waals surface area contributed by atoms with Crippen LogP contribution in [-0.4, -0.2) is 43.7 Å². The fourth-order valence-corrected chi connectivity index (χ4v) is 2.92.